The molecule has 16 heavy (non-hydrogen) atoms. The molecule has 0 aromatic carbocycles. The van der Waals surface area contributed by atoms with Gasteiger partial charge in [-0.1, -0.05) is 27.7 Å². The molecule has 2 nitrogen and oxygen atoms in total. The third-order valence-electron chi connectivity index (χ3n) is 3.55. The molecule has 0 unspecified atom stereocenters. The lowest BCUT2D eigenvalue weighted by Crippen LogP contribution is -2.37. The predicted molar refractivity (Wildman–Crippen MR) is 68.5 cm³/mol. The van der Waals surface area contributed by atoms with Crippen molar-refractivity contribution in [1.29, 1.82) is 0 Å². The monoisotopic (exact) mass is 225 g/mol. The third-order valence-corrected chi connectivity index (χ3v) is 3.55. The Bertz CT molecular complexity index is 215. The first kappa shape index (κ1) is 13.7. The summed E-state index contributed by atoms with van der Waals surface area (Å²) in [4.78, 5) is 11.7. The Morgan fingerprint density at radius 2 is 1.69 bits per heavy atom. The van der Waals surface area contributed by atoms with E-state index in [0.29, 0.717) is 23.8 Å². The first-order valence-electron chi connectivity index (χ1n) is 6.77. The summed E-state index contributed by atoms with van der Waals surface area (Å²) in [6, 6.07) is 1.27. The molecular weight excluding hydrogens is 198 g/mol. The average Bonchev–Trinajstić information content (AvgIpc) is 2.20. The van der Waals surface area contributed by atoms with Crippen molar-refractivity contribution in [2.75, 3.05) is 0 Å². The maximum atomic E-state index is 11.7. The van der Waals surface area contributed by atoms with Crippen LogP contribution < -0.4 is 5.32 Å². The van der Waals surface area contributed by atoms with Crippen LogP contribution in [0.25, 0.3) is 0 Å². The second kappa shape index (κ2) is 6.39. The zero-order valence-electron chi connectivity index (χ0n) is 11.3. The Morgan fingerprint density at radius 3 is 2.12 bits per heavy atom. The fourth-order valence-corrected chi connectivity index (χ4v) is 2.52. The van der Waals surface area contributed by atoms with Gasteiger partial charge in [-0.15, -0.1) is 0 Å². The molecule has 1 rings (SSSR count). The van der Waals surface area contributed by atoms with Crippen LogP contribution in [0.4, 0.5) is 0 Å². The van der Waals surface area contributed by atoms with Crippen LogP contribution in [0.5, 0.6) is 0 Å². The summed E-state index contributed by atoms with van der Waals surface area (Å²) in [7, 11) is 0. The van der Waals surface area contributed by atoms with Gasteiger partial charge < -0.3 is 5.32 Å². The van der Waals surface area contributed by atoms with Crippen molar-refractivity contribution in [3.63, 3.8) is 0 Å². The van der Waals surface area contributed by atoms with Gasteiger partial charge in [0.05, 0.1) is 0 Å². The van der Waals surface area contributed by atoms with Gasteiger partial charge in [-0.25, -0.2) is 0 Å². The molecule has 1 saturated carbocycles. The topological polar surface area (TPSA) is 29.1 Å². The van der Waals surface area contributed by atoms with Crippen molar-refractivity contribution in [2.45, 2.75) is 71.9 Å². The second-order valence-electron chi connectivity index (χ2n) is 5.86. The zero-order valence-corrected chi connectivity index (χ0v) is 11.3. The maximum absolute atomic E-state index is 11.7. The van der Waals surface area contributed by atoms with E-state index in [2.05, 4.69) is 19.2 Å². The first-order valence-corrected chi connectivity index (χ1v) is 6.77. The fraction of sp³-hybridized carbons (Fsp3) is 0.929. The lowest BCUT2D eigenvalue weighted by molar-refractivity contribution is -0.123. The summed E-state index contributed by atoms with van der Waals surface area (Å²) in [5.41, 5.74) is 0. The van der Waals surface area contributed by atoms with Gasteiger partial charge in [-0.05, 0) is 31.6 Å². The number of hydrogen-bond acceptors (Lipinski definition) is 2. The number of carbonyl (C=O) groups excluding carboxylic acids is 1. The Balaban J connectivity index is 2.24. The SMILES string of the molecule is CC(C)NC1CCC(CC(=O)C(C)C)CC1. The van der Waals surface area contributed by atoms with E-state index in [1.54, 1.807) is 0 Å². The van der Waals surface area contributed by atoms with Gasteiger partial charge in [0.2, 0.25) is 0 Å². The predicted octanol–water partition coefficient (Wildman–Crippen LogP) is 3.16. The highest BCUT2D eigenvalue weighted by Gasteiger charge is 2.23. The molecule has 1 aliphatic rings. The molecule has 0 amide bonds. The van der Waals surface area contributed by atoms with E-state index in [-0.39, 0.29) is 5.92 Å². The van der Waals surface area contributed by atoms with Crippen molar-refractivity contribution < 1.29 is 4.79 Å². The summed E-state index contributed by atoms with van der Waals surface area (Å²) in [5.74, 6) is 1.31. The van der Waals surface area contributed by atoms with Crippen LogP contribution in [0.1, 0.15) is 59.8 Å². The van der Waals surface area contributed by atoms with Gasteiger partial charge in [0.25, 0.3) is 0 Å². The molecule has 2 heteroatoms. The van der Waals surface area contributed by atoms with E-state index in [0.717, 1.165) is 6.42 Å². The van der Waals surface area contributed by atoms with Crippen LogP contribution >= 0.6 is 0 Å². The number of ketones is 1. The summed E-state index contributed by atoms with van der Waals surface area (Å²) < 4.78 is 0. The summed E-state index contributed by atoms with van der Waals surface area (Å²) in [6.07, 6.45) is 5.75. The number of rotatable bonds is 5. The molecule has 0 spiro atoms. The van der Waals surface area contributed by atoms with Crippen LogP contribution in [0.3, 0.4) is 0 Å². The molecule has 0 radical (unpaired) electrons. The van der Waals surface area contributed by atoms with Gasteiger partial charge in [-0.3, -0.25) is 4.79 Å². The van der Waals surface area contributed by atoms with Crippen LogP contribution in [0.15, 0.2) is 0 Å². The highest BCUT2D eigenvalue weighted by atomic mass is 16.1. The fourth-order valence-electron chi connectivity index (χ4n) is 2.52. The molecule has 94 valence electrons. The quantitative estimate of drug-likeness (QED) is 0.778. The number of Topliss-reactive ketones (excluding diaryl/α,β-unsaturated/α-hetero) is 1. The van der Waals surface area contributed by atoms with Gasteiger partial charge in [0, 0.05) is 24.4 Å². The van der Waals surface area contributed by atoms with E-state index in [9.17, 15) is 4.79 Å². The largest absolute Gasteiger partial charge is 0.312 e. The van der Waals surface area contributed by atoms with E-state index in [4.69, 9.17) is 0 Å². The molecule has 1 aliphatic carbocycles. The maximum Gasteiger partial charge on any atom is 0.135 e. The van der Waals surface area contributed by atoms with Gasteiger partial charge in [-0.2, -0.15) is 0 Å². The summed E-state index contributed by atoms with van der Waals surface area (Å²) >= 11 is 0. The lowest BCUT2D eigenvalue weighted by Gasteiger charge is -2.30. The molecule has 1 N–H and O–H groups in total. The first-order chi connectivity index (χ1) is 7.49. The van der Waals surface area contributed by atoms with Crippen LogP contribution in [-0.4, -0.2) is 17.9 Å². The second-order valence-corrected chi connectivity index (χ2v) is 5.86. The van der Waals surface area contributed by atoms with Crippen molar-refractivity contribution in [3.05, 3.63) is 0 Å². The molecule has 1 fully saturated rings. The minimum atomic E-state index is 0.214. The summed E-state index contributed by atoms with van der Waals surface area (Å²) in [6.45, 7) is 8.42. The standard InChI is InChI=1S/C14H27NO/c1-10(2)14(16)9-12-5-7-13(8-6-12)15-11(3)4/h10-13,15H,5-9H2,1-4H3. The zero-order chi connectivity index (χ0) is 12.1. The van der Waals surface area contributed by atoms with E-state index in [1.165, 1.54) is 25.7 Å². The molecule has 0 bridgehead atoms. The lowest BCUT2D eigenvalue weighted by atomic mass is 9.81. The smallest absolute Gasteiger partial charge is 0.135 e. The van der Waals surface area contributed by atoms with Crippen molar-refractivity contribution in [3.8, 4) is 0 Å². The highest BCUT2D eigenvalue weighted by Crippen LogP contribution is 2.28. The molecule has 0 aromatic heterocycles. The Labute approximate surface area is 100 Å². The van der Waals surface area contributed by atoms with Crippen molar-refractivity contribution in [2.24, 2.45) is 11.8 Å². The van der Waals surface area contributed by atoms with E-state index >= 15 is 0 Å². The Kier molecular flexibility index (Phi) is 5.47. The third kappa shape index (κ3) is 4.65. The number of hydrogen-bond donors (Lipinski definition) is 1. The molecule has 0 aromatic rings. The van der Waals surface area contributed by atoms with Gasteiger partial charge in [0.1, 0.15) is 5.78 Å². The van der Waals surface area contributed by atoms with Crippen LogP contribution in [0, 0.1) is 11.8 Å². The molecule has 0 aliphatic heterocycles. The molecule has 0 saturated heterocycles. The molecule has 0 heterocycles. The average molecular weight is 225 g/mol. The minimum Gasteiger partial charge on any atom is -0.312 e. The molecular formula is C14H27NO. The van der Waals surface area contributed by atoms with E-state index in [1.807, 2.05) is 13.8 Å². The van der Waals surface area contributed by atoms with Crippen molar-refractivity contribution >= 4 is 5.78 Å². The van der Waals surface area contributed by atoms with E-state index < -0.39 is 0 Å². The van der Waals surface area contributed by atoms with Crippen LogP contribution in [-0.2, 0) is 4.79 Å². The van der Waals surface area contributed by atoms with Crippen molar-refractivity contribution in [1.82, 2.24) is 5.32 Å². The highest BCUT2D eigenvalue weighted by molar-refractivity contribution is 5.80. The number of nitrogens with one attached hydrogen (secondary N) is 1. The Morgan fingerprint density at radius 1 is 1.12 bits per heavy atom. The Hall–Kier alpha value is -0.370. The number of carbonyl (C=O) groups is 1. The molecule has 0 atom stereocenters. The summed E-state index contributed by atoms with van der Waals surface area (Å²) in [5, 5.41) is 3.59. The van der Waals surface area contributed by atoms with Gasteiger partial charge >= 0.3 is 0 Å². The minimum absolute atomic E-state index is 0.214. The van der Waals surface area contributed by atoms with Gasteiger partial charge in [0.15, 0.2) is 0 Å². The normalized spacial score (nSPS) is 26.4. The van der Waals surface area contributed by atoms with Crippen LogP contribution in [0.2, 0.25) is 0 Å².